The average molecular weight is 206 g/mol. The van der Waals surface area contributed by atoms with Crippen molar-refractivity contribution in [1.82, 2.24) is 4.98 Å². The molecule has 2 aromatic rings. The Balaban J connectivity index is 2.73. The number of fused-ring (bicyclic) bond motifs is 1. The summed E-state index contributed by atoms with van der Waals surface area (Å²) >= 11 is 0. The van der Waals surface area contributed by atoms with Gasteiger partial charge in [-0.15, -0.1) is 0 Å². The van der Waals surface area contributed by atoms with Gasteiger partial charge < -0.3 is 10.7 Å². The number of aromatic nitrogens is 1. The van der Waals surface area contributed by atoms with Gasteiger partial charge in [0, 0.05) is 17.1 Å². The molecule has 0 unspecified atom stereocenters. The number of aryl methyl sites for hydroxylation is 1. The van der Waals surface area contributed by atoms with Crippen molar-refractivity contribution in [3.63, 3.8) is 0 Å². The van der Waals surface area contributed by atoms with E-state index in [4.69, 9.17) is 5.73 Å². The molecule has 1 heterocycles. The van der Waals surface area contributed by atoms with Crippen molar-refractivity contribution in [3.8, 4) is 0 Å². The van der Waals surface area contributed by atoms with Crippen molar-refractivity contribution in [3.05, 3.63) is 35.3 Å². The van der Waals surface area contributed by atoms with Gasteiger partial charge in [0.2, 0.25) is 0 Å². The summed E-state index contributed by atoms with van der Waals surface area (Å²) in [6.07, 6.45) is 2.12. The number of H-pyrrole nitrogens is 1. The van der Waals surface area contributed by atoms with Gasteiger partial charge in [0.05, 0.1) is 5.56 Å². The van der Waals surface area contributed by atoms with Gasteiger partial charge in [-0.2, -0.15) is 0 Å². The lowest BCUT2D eigenvalue weighted by molar-refractivity contribution is 0.100. The third-order valence-corrected chi connectivity index (χ3v) is 2.50. The molecular formula is C11H11FN2O. The van der Waals surface area contributed by atoms with Crippen LogP contribution in [0.15, 0.2) is 18.3 Å². The Hall–Kier alpha value is -1.84. The molecule has 0 aliphatic rings. The predicted octanol–water partition coefficient (Wildman–Crippen LogP) is 1.97. The minimum Gasteiger partial charge on any atom is -0.366 e. The molecule has 0 atom stereocenters. The summed E-state index contributed by atoms with van der Waals surface area (Å²) in [5.74, 6) is -0.850. The van der Waals surface area contributed by atoms with Crippen LogP contribution in [0.5, 0.6) is 0 Å². The molecule has 1 aromatic carbocycles. The number of benzene rings is 1. The number of primary amides is 1. The molecule has 0 radical (unpaired) electrons. The molecule has 15 heavy (non-hydrogen) atoms. The molecule has 78 valence electrons. The Labute approximate surface area is 86.1 Å². The topological polar surface area (TPSA) is 58.9 Å². The van der Waals surface area contributed by atoms with Gasteiger partial charge in [-0.05, 0) is 24.1 Å². The second-order valence-electron chi connectivity index (χ2n) is 3.41. The molecule has 2 rings (SSSR count). The highest BCUT2D eigenvalue weighted by molar-refractivity contribution is 6.06. The molecule has 0 spiro atoms. The fraction of sp³-hybridized carbons (Fsp3) is 0.182. The number of carbonyl (C=O) groups excluding carboxylic acids is 1. The first kappa shape index (κ1) is 9.71. The maximum Gasteiger partial charge on any atom is 0.250 e. The van der Waals surface area contributed by atoms with Crippen LogP contribution >= 0.6 is 0 Å². The zero-order valence-electron chi connectivity index (χ0n) is 8.30. The highest BCUT2D eigenvalue weighted by Crippen LogP contribution is 2.22. The Bertz CT molecular complexity index is 531. The van der Waals surface area contributed by atoms with Crippen LogP contribution < -0.4 is 5.73 Å². The molecule has 1 aromatic heterocycles. The average Bonchev–Trinajstić information content (AvgIpc) is 2.59. The van der Waals surface area contributed by atoms with Crippen LogP contribution in [0, 0.1) is 5.82 Å². The van der Waals surface area contributed by atoms with E-state index in [1.165, 1.54) is 12.3 Å². The molecule has 0 aliphatic carbocycles. The highest BCUT2D eigenvalue weighted by Gasteiger charge is 2.11. The van der Waals surface area contributed by atoms with E-state index >= 15 is 0 Å². The predicted molar refractivity (Wildman–Crippen MR) is 56.2 cm³/mol. The van der Waals surface area contributed by atoms with E-state index in [1.54, 1.807) is 6.07 Å². The van der Waals surface area contributed by atoms with Crippen molar-refractivity contribution in [2.24, 2.45) is 5.73 Å². The molecule has 4 heteroatoms. The van der Waals surface area contributed by atoms with E-state index in [0.29, 0.717) is 22.9 Å². The molecule has 3 nitrogen and oxygen atoms in total. The number of nitrogens with one attached hydrogen (secondary N) is 1. The first-order valence-electron chi connectivity index (χ1n) is 4.72. The Morgan fingerprint density at radius 2 is 2.27 bits per heavy atom. The van der Waals surface area contributed by atoms with Crippen molar-refractivity contribution in [2.45, 2.75) is 13.3 Å². The molecule has 0 saturated heterocycles. The van der Waals surface area contributed by atoms with Gasteiger partial charge >= 0.3 is 0 Å². The lowest BCUT2D eigenvalue weighted by atomic mass is 10.1. The van der Waals surface area contributed by atoms with Crippen LogP contribution in [0.25, 0.3) is 10.9 Å². The van der Waals surface area contributed by atoms with E-state index in [9.17, 15) is 9.18 Å². The van der Waals surface area contributed by atoms with E-state index < -0.39 is 5.91 Å². The maximum atomic E-state index is 13.5. The summed E-state index contributed by atoms with van der Waals surface area (Å²) < 4.78 is 13.5. The maximum absolute atomic E-state index is 13.5. The summed E-state index contributed by atoms with van der Waals surface area (Å²) in [6.45, 7) is 1.88. The van der Waals surface area contributed by atoms with Crippen LogP contribution in [0.3, 0.4) is 0 Å². The zero-order valence-corrected chi connectivity index (χ0v) is 8.30. The SMILES string of the molecule is CCc1cc2[nH]cc(C(N)=O)c2cc1F. The fourth-order valence-corrected chi connectivity index (χ4v) is 1.66. The van der Waals surface area contributed by atoms with Gasteiger partial charge in [-0.1, -0.05) is 6.92 Å². The zero-order chi connectivity index (χ0) is 11.0. The van der Waals surface area contributed by atoms with Gasteiger partial charge in [0.15, 0.2) is 0 Å². The Morgan fingerprint density at radius 3 is 2.87 bits per heavy atom. The summed E-state index contributed by atoms with van der Waals surface area (Å²) in [4.78, 5) is 13.9. The Morgan fingerprint density at radius 1 is 1.53 bits per heavy atom. The fourth-order valence-electron chi connectivity index (χ4n) is 1.66. The summed E-state index contributed by atoms with van der Waals surface area (Å²) in [5.41, 5.74) is 6.85. The van der Waals surface area contributed by atoms with Crippen molar-refractivity contribution in [2.75, 3.05) is 0 Å². The van der Waals surface area contributed by atoms with Crippen LogP contribution in [0.2, 0.25) is 0 Å². The number of aromatic amines is 1. The number of halogens is 1. The molecule has 3 N–H and O–H groups in total. The van der Waals surface area contributed by atoms with Gasteiger partial charge in [-0.25, -0.2) is 4.39 Å². The number of rotatable bonds is 2. The Kier molecular flexibility index (Phi) is 2.19. The number of carbonyl (C=O) groups is 1. The van der Waals surface area contributed by atoms with Crippen molar-refractivity contribution in [1.29, 1.82) is 0 Å². The normalized spacial score (nSPS) is 10.8. The third-order valence-electron chi connectivity index (χ3n) is 2.50. The van der Waals surface area contributed by atoms with E-state index in [-0.39, 0.29) is 5.82 Å². The monoisotopic (exact) mass is 206 g/mol. The van der Waals surface area contributed by atoms with Gasteiger partial charge in [-0.3, -0.25) is 4.79 Å². The number of nitrogens with two attached hydrogens (primary N) is 1. The van der Waals surface area contributed by atoms with Gasteiger partial charge in [0.25, 0.3) is 5.91 Å². The van der Waals surface area contributed by atoms with E-state index in [1.807, 2.05) is 6.92 Å². The van der Waals surface area contributed by atoms with E-state index in [2.05, 4.69) is 4.98 Å². The summed E-state index contributed by atoms with van der Waals surface area (Å²) in [6, 6.07) is 3.06. The summed E-state index contributed by atoms with van der Waals surface area (Å²) in [5, 5.41) is 0.539. The number of hydrogen-bond acceptors (Lipinski definition) is 1. The lowest BCUT2D eigenvalue weighted by Gasteiger charge is -2.00. The minimum absolute atomic E-state index is 0.299. The van der Waals surface area contributed by atoms with Crippen LogP contribution in [-0.4, -0.2) is 10.9 Å². The first-order chi connectivity index (χ1) is 7.13. The second-order valence-corrected chi connectivity index (χ2v) is 3.41. The lowest BCUT2D eigenvalue weighted by Crippen LogP contribution is -2.09. The standard InChI is InChI=1S/C11H11FN2O/c1-2-6-3-10-7(4-9(6)12)8(5-14-10)11(13)15/h3-5,14H,2H2,1H3,(H2,13,15). The van der Waals surface area contributed by atoms with Crippen LogP contribution in [0.4, 0.5) is 4.39 Å². The number of amides is 1. The molecule has 0 saturated carbocycles. The quantitative estimate of drug-likeness (QED) is 0.775. The smallest absolute Gasteiger partial charge is 0.250 e. The largest absolute Gasteiger partial charge is 0.366 e. The molecule has 1 amide bonds. The molecule has 0 bridgehead atoms. The third kappa shape index (κ3) is 1.48. The summed E-state index contributed by atoms with van der Waals surface area (Å²) in [7, 11) is 0. The second kappa shape index (κ2) is 3.38. The van der Waals surface area contributed by atoms with Crippen LogP contribution in [-0.2, 0) is 6.42 Å². The highest BCUT2D eigenvalue weighted by atomic mass is 19.1. The minimum atomic E-state index is -0.551. The van der Waals surface area contributed by atoms with Gasteiger partial charge in [0.1, 0.15) is 5.82 Å². The van der Waals surface area contributed by atoms with Crippen LogP contribution in [0.1, 0.15) is 22.8 Å². The molecule has 0 fully saturated rings. The molecule has 0 aliphatic heterocycles. The first-order valence-corrected chi connectivity index (χ1v) is 4.72. The van der Waals surface area contributed by atoms with Crippen molar-refractivity contribution >= 4 is 16.8 Å². The number of hydrogen-bond donors (Lipinski definition) is 2. The van der Waals surface area contributed by atoms with Crippen molar-refractivity contribution < 1.29 is 9.18 Å². The van der Waals surface area contributed by atoms with E-state index in [0.717, 1.165) is 5.52 Å². The molecular weight excluding hydrogens is 195 g/mol.